The van der Waals surface area contributed by atoms with E-state index >= 15 is 0 Å². The van der Waals surface area contributed by atoms with Gasteiger partial charge in [0.2, 0.25) is 0 Å². The molecule has 1 aliphatic rings. The zero-order valence-electron chi connectivity index (χ0n) is 8.99. The van der Waals surface area contributed by atoms with Crippen molar-refractivity contribution in [2.75, 3.05) is 19.6 Å². The minimum atomic E-state index is -0.298. The second kappa shape index (κ2) is 5.97. The topological polar surface area (TPSA) is 20.3 Å². The Labute approximate surface area is 101 Å². The van der Waals surface area contributed by atoms with Crippen molar-refractivity contribution in [3.8, 4) is 0 Å². The number of likely N-dealkylation sites (tertiary alicyclic amines) is 1. The molecule has 0 radical (unpaired) electrons. The number of nitrogens with zero attached hydrogens (tertiary/aromatic N) is 1. The van der Waals surface area contributed by atoms with E-state index in [-0.39, 0.29) is 24.0 Å². The summed E-state index contributed by atoms with van der Waals surface area (Å²) < 4.78 is 12.6. The molecule has 2 rings (SSSR count). The second-order valence-electron chi connectivity index (χ2n) is 3.91. The highest BCUT2D eigenvalue weighted by molar-refractivity contribution is 5.97. The molecule has 0 amide bonds. The third-order valence-electron chi connectivity index (χ3n) is 2.73. The Morgan fingerprint density at radius 2 is 1.75 bits per heavy atom. The summed E-state index contributed by atoms with van der Waals surface area (Å²) in [6, 6.07) is 5.76. The van der Waals surface area contributed by atoms with Gasteiger partial charge in [0.05, 0.1) is 6.54 Å². The molecule has 2 nitrogen and oxygen atoms in total. The van der Waals surface area contributed by atoms with Gasteiger partial charge in [0, 0.05) is 5.56 Å². The van der Waals surface area contributed by atoms with Crippen molar-refractivity contribution in [1.29, 1.82) is 0 Å². The first kappa shape index (κ1) is 13.1. The minimum absolute atomic E-state index is 0. The fraction of sp³-hybridized carbons (Fsp3) is 0.417. The molecule has 0 bridgehead atoms. The highest BCUT2D eigenvalue weighted by Gasteiger charge is 2.15. The average molecular weight is 244 g/mol. The monoisotopic (exact) mass is 243 g/mol. The van der Waals surface area contributed by atoms with Gasteiger partial charge in [0.25, 0.3) is 0 Å². The average Bonchev–Trinajstić information content (AvgIpc) is 2.71. The minimum Gasteiger partial charge on any atom is -0.296 e. The quantitative estimate of drug-likeness (QED) is 0.761. The van der Waals surface area contributed by atoms with E-state index in [9.17, 15) is 9.18 Å². The number of hydrogen-bond acceptors (Lipinski definition) is 2. The predicted molar refractivity (Wildman–Crippen MR) is 63.7 cm³/mol. The van der Waals surface area contributed by atoms with Crippen molar-refractivity contribution in [2.24, 2.45) is 0 Å². The van der Waals surface area contributed by atoms with Crippen molar-refractivity contribution in [1.82, 2.24) is 4.90 Å². The van der Waals surface area contributed by atoms with E-state index in [2.05, 4.69) is 4.90 Å². The summed E-state index contributed by atoms with van der Waals surface area (Å²) >= 11 is 0. The summed E-state index contributed by atoms with van der Waals surface area (Å²) in [7, 11) is 0. The molecule has 1 fully saturated rings. The van der Waals surface area contributed by atoms with Gasteiger partial charge in [0.1, 0.15) is 5.82 Å². The first-order chi connectivity index (χ1) is 7.25. The maximum atomic E-state index is 12.6. The number of ketones is 1. The lowest BCUT2D eigenvalue weighted by molar-refractivity contribution is 0.0945. The lowest BCUT2D eigenvalue weighted by Crippen LogP contribution is -2.26. The van der Waals surface area contributed by atoms with Crippen LogP contribution in [0.3, 0.4) is 0 Å². The van der Waals surface area contributed by atoms with Gasteiger partial charge in [-0.05, 0) is 50.2 Å². The first-order valence-electron chi connectivity index (χ1n) is 5.27. The van der Waals surface area contributed by atoms with E-state index in [1.54, 1.807) is 12.1 Å². The van der Waals surface area contributed by atoms with Gasteiger partial charge < -0.3 is 0 Å². The Balaban J connectivity index is 0.00000128. The molecule has 0 unspecified atom stereocenters. The van der Waals surface area contributed by atoms with Crippen LogP contribution in [0.2, 0.25) is 0 Å². The molecule has 1 aromatic rings. The van der Waals surface area contributed by atoms with Crippen LogP contribution in [0.4, 0.5) is 4.39 Å². The van der Waals surface area contributed by atoms with Crippen LogP contribution >= 0.6 is 12.4 Å². The van der Waals surface area contributed by atoms with Crippen LogP contribution in [0.15, 0.2) is 24.3 Å². The molecule has 0 N–H and O–H groups in total. The highest BCUT2D eigenvalue weighted by atomic mass is 35.5. The fourth-order valence-electron chi connectivity index (χ4n) is 1.87. The number of halogens is 2. The van der Waals surface area contributed by atoms with Gasteiger partial charge >= 0.3 is 0 Å². The summed E-state index contributed by atoms with van der Waals surface area (Å²) in [6.07, 6.45) is 2.35. The van der Waals surface area contributed by atoms with E-state index in [1.165, 1.54) is 25.0 Å². The molecule has 1 saturated heterocycles. The van der Waals surface area contributed by atoms with Crippen LogP contribution in [-0.2, 0) is 0 Å². The fourth-order valence-corrected chi connectivity index (χ4v) is 1.87. The van der Waals surface area contributed by atoms with Crippen LogP contribution in [0.25, 0.3) is 0 Å². The lowest BCUT2D eigenvalue weighted by Gasteiger charge is -2.12. The normalized spacial score (nSPS) is 15.8. The molecule has 0 spiro atoms. The number of Topliss-reactive ketones (excluding diaryl/α,β-unsaturated/α-hetero) is 1. The maximum absolute atomic E-state index is 12.6. The largest absolute Gasteiger partial charge is 0.296 e. The van der Waals surface area contributed by atoms with Crippen molar-refractivity contribution >= 4 is 18.2 Å². The molecule has 0 aromatic heterocycles. The molecule has 88 valence electrons. The standard InChI is InChI=1S/C12H14FNO.ClH/c13-11-5-3-10(4-6-11)12(15)9-14-7-1-2-8-14;/h3-6H,1-2,7-9H2;1H. The molecule has 16 heavy (non-hydrogen) atoms. The Kier molecular flexibility index (Phi) is 4.90. The van der Waals surface area contributed by atoms with Crippen LogP contribution in [0, 0.1) is 5.82 Å². The SMILES string of the molecule is Cl.O=C(CN1CCCC1)c1ccc(F)cc1. The molecule has 0 atom stereocenters. The van der Waals surface area contributed by atoms with Crippen LogP contribution in [-0.4, -0.2) is 30.3 Å². The summed E-state index contributed by atoms with van der Waals surface area (Å²) in [5.41, 5.74) is 0.600. The lowest BCUT2D eigenvalue weighted by atomic mass is 10.1. The smallest absolute Gasteiger partial charge is 0.176 e. The Hall–Kier alpha value is -0.930. The van der Waals surface area contributed by atoms with Gasteiger partial charge in [-0.25, -0.2) is 4.39 Å². The molecule has 1 aliphatic heterocycles. The van der Waals surface area contributed by atoms with E-state index in [0.717, 1.165) is 13.1 Å². The summed E-state index contributed by atoms with van der Waals surface area (Å²) in [5.74, 6) is -0.218. The first-order valence-corrected chi connectivity index (χ1v) is 5.27. The van der Waals surface area contributed by atoms with E-state index in [1.807, 2.05) is 0 Å². The van der Waals surface area contributed by atoms with Gasteiger partial charge in [-0.1, -0.05) is 0 Å². The number of hydrogen-bond donors (Lipinski definition) is 0. The number of rotatable bonds is 3. The van der Waals surface area contributed by atoms with Crippen molar-refractivity contribution < 1.29 is 9.18 Å². The van der Waals surface area contributed by atoms with Crippen LogP contribution < -0.4 is 0 Å². The molecular weight excluding hydrogens is 229 g/mol. The molecule has 0 saturated carbocycles. The predicted octanol–water partition coefficient (Wildman–Crippen LogP) is 2.53. The number of carbonyl (C=O) groups excluding carboxylic acids is 1. The maximum Gasteiger partial charge on any atom is 0.176 e. The van der Waals surface area contributed by atoms with E-state index in [4.69, 9.17) is 0 Å². The Morgan fingerprint density at radius 1 is 1.19 bits per heavy atom. The third kappa shape index (κ3) is 3.29. The summed E-state index contributed by atoms with van der Waals surface area (Å²) in [6.45, 7) is 2.48. The summed E-state index contributed by atoms with van der Waals surface area (Å²) in [4.78, 5) is 13.9. The van der Waals surface area contributed by atoms with Crippen LogP contribution in [0.1, 0.15) is 23.2 Å². The zero-order chi connectivity index (χ0) is 10.7. The van der Waals surface area contributed by atoms with E-state index < -0.39 is 0 Å². The van der Waals surface area contributed by atoms with Gasteiger partial charge in [-0.2, -0.15) is 0 Å². The molecule has 4 heteroatoms. The van der Waals surface area contributed by atoms with Gasteiger partial charge in [-0.15, -0.1) is 12.4 Å². The Morgan fingerprint density at radius 3 is 2.31 bits per heavy atom. The highest BCUT2D eigenvalue weighted by Crippen LogP contribution is 2.10. The molecule has 0 aliphatic carbocycles. The van der Waals surface area contributed by atoms with Gasteiger partial charge in [-0.3, -0.25) is 9.69 Å². The third-order valence-corrected chi connectivity index (χ3v) is 2.73. The zero-order valence-corrected chi connectivity index (χ0v) is 9.80. The number of carbonyl (C=O) groups is 1. The molecule has 1 aromatic carbocycles. The van der Waals surface area contributed by atoms with E-state index in [0.29, 0.717) is 12.1 Å². The Bertz CT molecular complexity index is 347. The van der Waals surface area contributed by atoms with Gasteiger partial charge in [0.15, 0.2) is 5.78 Å². The molecule has 1 heterocycles. The van der Waals surface area contributed by atoms with Crippen molar-refractivity contribution in [2.45, 2.75) is 12.8 Å². The van der Waals surface area contributed by atoms with Crippen molar-refractivity contribution in [3.05, 3.63) is 35.6 Å². The summed E-state index contributed by atoms with van der Waals surface area (Å²) in [5, 5.41) is 0. The van der Waals surface area contributed by atoms with Crippen molar-refractivity contribution in [3.63, 3.8) is 0 Å². The van der Waals surface area contributed by atoms with Crippen LogP contribution in [0.5, 0.6) is 0 Å². The second-order valence-corrected chi connectivity index (χ2v) is 3.91. The number of benzene rings is 1. The molecular formula is C12H15ClFNO.